The Hall–Kier alpha value is -3.13. The molecule has 8 nitrogen and oxygen atoms in total. The second-order valence-electron chi connectivity index (χ2n) is 9.68. The highest BCUT2D eigenvalue weighted by molar-refractivity contribution is 5.99. The molecule has 1 saturated heterocycles. The first-order valence-corrected chi connectivity index (χ1v) is 12.9. The van der Waals surface area contributed by atoms with Gasteiger partial charge in [-0.15, -0.1) is 0 Å². The van der Waals surface area contributed by atoms with Crippen LogP contribution >= 0.6 is 0 Å². The van der Waals surface area contributed by atoms with Crippen LogP contribution in [0, 0.1) is 0 Å². The minimum absolute atomic E-state index is 0.0288. The summed E-state index contributed by atoms with van der Waals surface area (Å²) in [4.78, 5) is 35.3. The normalized spacial score (nSPS) is 18.5. The zero-order valence-electron chi connectivity index (χ0n) is 20.6. The van der Waals surface area contributed by atoms with Crippen molar-refractivity contribution in [3.63, 3.8) is 0 Å². The maximum atomic E-state index is 12.3. The highest BCUT2D eigenvalue weighted by Gasteiger charge is 2.27. The average molecular weight is 478 g/mol. The number of ether oxygens (including phenoxy) is 1. The van der Waals surface area contributed by atoms with E-state index in [-0.39, 0.29) is 11.8 Å². The van der Waals surface area contributed by atoms with E-state index in [0.717, 1.165) is 76.1 Å². The summed E-state index contributed by atoms with van der Waals surface area (Å²) < 4.78 is 5.86. The lowest BCUT2D eigenvalue weighted by molar-refractivity contribution is -0.118. The van der Waals surface area contributed by atoms with E-state index >= 15 is 0 Å². The molecule has 186 valence electrons. The Morgan fingerprint density at radius 3 is 2.66 bits per heavy atom. The van der Waals surface area contributed by atoms with Gasteiger partial charge in [-0.1, -0.05) is 12.1 Å². The van der Waals surface area contributed by atoms with Gasteiger partial charge in [0.15, 0.2) is 0 Å². The van der Waals surface area contributed by atoms with Crippen LogP contribution in [0.25, 0.3) is 0 Å². The Morgan fingerprint density at radius 1 is 0.943 bits per heavy atom. The number of anilines is 3. The molecule has 0 bridgehead atoms. The summed E-state index contributed by atoms with van der Waals surface area (Å²) in [5.74, 6) is 1.46. The van der Waals surface area contributed by atoms with Gasteiger partial charge in [0.05, 0.1) is 18.0 Å². The number of hydrogen-bond donors (Lipinski definition) is 1. The molecule has 0 radical (unpaired) electrons. The predicted molar refractivity (Wildman–Crippen MR) is 137 cm³/mol. The van der Waals surface area contributed by atoms with E-state index in [1.54, 1.807) is 0 Å². The van der Waals surface area contributed by atoms with E-state index in [1.807, 2.05) is 24.1 Å². The maximum absolute atomic E-state index is 12.3. The monoisotopic (exact) mass is 477 g/mol. The summed E-state index contributed by atoms with van der Waals surface area (Å²) in [5.41, 5.74) is 4.64. The van der Waals surface area contributed by atoms with Crippen LogP contribution in [0.4, 0.5) is 17.2 Å². The molecule has 0 aliphatic carbocycles. The summed E-state index contributed by atoms with van der Waals surface area (Å²) in [6.07, 6.45) is 5.75. The number of nitrogens with one attached hydrogen (secondary N) is 1. The molecule has 3 aliphatic rings. The Morgan fingerprint density at radius 2 is 1.80 bits per heavy atom. The van der Waals surface area contributed by atoms with E-state index in [1.165, 1.54) is 11.3 Å². The fourth-order valence-electron chi connectivity index (χ4n) is 5.28. The Bertz CT molecular complexity index is 1080. The number of para-hydroxylation sites is 1. The number of amides is 2. The van der Waals surface area contributed by atoms with Crippen LogP contribution in [0.15, 0.2) is 30.3 Å². The van der Waals surface area contributed by atoms with Crippen molar-refractivity contribution in [1.82, 2.24) is 9.88 Å². The first-order chi connectivity index (χ1) is 17.1. The molecule has 1 aromatic heterocycles. The van der Waals surface area contributed by atoms with Gasteiger partial charge in [-0.2, -0.15) is 4.98 Å². The number of piperazine rings is 1. The molecular formula is C27H35N5O3. The predicted octanol–water partition coefficient (Wildman–Crippen LogP) is 3.25. The molecule has 1 aromatic carbocycles. The third-order valence-corrected chi connectivity index (χ3v) is 7.31. The van der Waals surface area contributed by atoms with E-state index in [9.17, 15) is 9.59 Å². The number of unbranched alkanes of at least 4 members (excludes halogenated alkanes) is 1. The summed E-state index contributed by atoms with van der Waals surface area (Å²) >= 11 is 0. The average Bonchev–Trinajstić information content (AvgIpc) is 3.06. The van der Waals surface area contributed by atoms with E-state index in [4.69, 9.17) is 4.74 Å². The second kappa shape index (κ2) is 10.6. The lowest BCUT2D eigenvalue weighted by Crippen LogP contribution is -2.47. The molecule has 0 spiro atoms. The van der Waals surface area contributed by atoms with Crippen LogP contribution < -0.4 is 19.9 Å². The SMILES string of the molecule is CN1C(=O)CCc2cccc(N3CCN(CCCCOc4ccc5c(n4)NC(=O)CCC5)CC3)c21. The number of carbonyl (C=O) groups excluding carboxylic acids is 2. The molecule has 4 heterocycles. The zero-order valence-corrected chi connectivity index (χ0v) is 20.6. The quantitative estimate of drug-likeness (QED) is 0.617. The number of benzene rings is 1. The number of carbonyl (C=O) groups is 2. The van der Waals surface area contributed by atoms with Crippen LogP contribution in [-0.2, 0) is 22.4 Å². The van der Waals surface area contributed by atoms with Crippen LogP contribution in [0.1, 0.15) is 43.2 Å². The first kappa shape index (κ1) is 23.6. The van der Waals surface area contributed by atoms with Crippen molar-refractivity contribution < 1.29 is 14.3 Å². The Balaban J connectivity index is 1.06. The van der Waals surface area contributed by atoms with Crippen molar-refractivity contribution in [2.45, 2.75) is 44.9 Å². The molecular weight excluding hydrogens is 442 g/mol. The standard InChI is InChI=1S/C27H35N5O3/c1-30-25(34)13-11-20-6-4-8-22(26(20)30)32-17-15-31(16-18-32)14-2-3-19-35-24-12-10-21-7-5-9-23(33)28-27(21)29-24/h4,6,8,10,12H,2-3,5,7,9,11,13-19H2,1H3,(H,28,29,33). The minimum atomic E-state index is 0.0288. The molecule has 1 N–H and O–H groups in total. The second-order valence-corrected chi connectivity index (χ2v) is 9.68. The van der Waals surface area contributed by atoms with Crippen molar-refractivity contribution >= 4 is 29.0 Å². The maximum Gasteiger partial charge on any atom is 0.227 e. The van der Waals surface area contributed by atoms with Gasteiger partial charge in [0.25, 0.3) is 0 Å². The van der Waals surface area contributed by atoms with Crippen molar-refractivity contribution in [3.05, 3.63) is 41.5 Å². The van der Waals surface area contributed by atoms with Gasteiger partial charge in [-0.25, -0.2) is 0 Å². The van der Waals surface area contributed by atoms with Crippen LogP contribution in [0.2, 0.25) is 0 Å². The van der Waals surface area contributed by atoms with Crippen molar-refractivity contribution in [3.8, 4) is 5.88 Å². The molecule has 35 heavy (non-hydrogen) atoms. The van der Waals surface area contributed by atoms with Crippen LogP contribution in [0.5, 0.6) is 5.88 Å². The minimum Gasteiger partial charge on any atom is -0.478 e. The lowest BCUT2D eigenvalue weighted by atomic mass is 9.99. The molecule has 5 rings (SSSR count). The Kier molecular flexibility index (Phi) is 7.18. The fourth-order valence-corrected chi connectivity index (χ4v) is 5.28. The number of fused-ring (bicyclic) bond motifs is 2. The van der Waals surface area contributed by atoms with Gasteiger partial charge in [-0.3, -0.25) is 14.5 Å². The largest absolute Gasteiger partial charge is 0.478 e. The molecule has 0 unspecified atom stereocenters. The molecule has 8 heteroatoms. The number of hydrogen-bond acceptors (Lipinski definition) is 6. The number of rotatable bonds is 7. The molecule has 2 amide bonds. The van der Waals surface area contributed by atoms with Gasteiger partial charge in [0.2, 0.25) is 17.7 Å². The summed E-state index contributed by atoms with van der Waals surface area (Å²) in [7, 11) is 1.90. The Labute approximate surface area is 207 Å². The lowest BCUT2D eigenvalue weighted by Gasteiger charge is -2.39. The number of nitrogens with zero attached hydrogens (tertiary/aromatic N) is 4. The fraction of sp³-hybridized carbons (Fsp3) is 0.519. The van der Waals surface area contributed by atoms with Crippen LogP contribution in [0.3, 0.4) is 0 Å². The molecule has 1 fully saturated rings. The summed E-state index contributed by atoms with van der Waals surface area (Å²) in [5, 5.41) is 2.88. The third kappa shape index (κ3) is 5.42. The summed E-state index contributed by atoms with van der Waals surface area (Å²) in [6, 6.07) is 10.3. The highest BCUT2D eigenvalue weighted by atomic mass is 16.5. The topological polar surface area (TPSA) is 78.0 Å². The molecule has 3 aliphatic heterocycles. The van der Waals surface area contributed by atoms with E-state index in [2.05, 4.69) is 38.3 Å². The van der Waals surface area contributed by atoms with Gasteiger partial charge in [-0.05, 0) is 61.9 Å². The van der Waals surface area contributed by atoms with Gasteiger partial charge in [0.1, 0.15) is 5.82 Å². The first-order valence-electron chi connectivity index (χ1n) is 12.9. The molecule has 0 saturated carbocycles. The molecule has 2 aromatic rings. The molecule has 0 atom stereocenters. The zero-order chi connectivity index (χ0) is 24.2. The van der Waals surface area contributed by atoms with Crippen LogP contribution in [-0.4, -0.2) is 68.1 Å². The van der Waals surface area contributed by atoms with Crippen molar-refractivity contribution in [2.24, 2.45) is 0 Å². The van der Waals surface area contributed by atoms with E-state index in [0.29, 0.717) is 31.1 Å². The number of pyridine rings is 1. The van der Waals surface area contributed by atoms with Gasteiger partial charge >= 0.3 is 0 Å². The smallest absolute Gasteiger partial charge is 0.227 e. The van der Waals surface area contributed by atoms with Gasteiger partial charge < -0.3 is 19.9 Å². The van der Waals surface area contributed by atoms with Crippen molar-refractivity contribution in [1.29, 1.82) is 0 Å². The van der Waals surface area contributed by atoms with E-state index < -0.39 is 0 Å². The highest BCUT2D eigenvalue weighted by Crippen LogP contribution is 2.37. The van der Waals surface area contributed by atoms with Gasteiger partial charge in [0, 0.05) is 52.1 Å². The number of aromatic nitrogens is 1. The van der Waals surface area contributed by atoms with Crippen molar-refractivity contribution in [2.75, 3.05) is 61.5 Å². The number of aryl methyl sites for hydroxylation is 2. The summed E-state index contributed by atoms with van der Waals surface area (Å²) in [6.45, 7) is 5.66. The third-order valence-electron chi connectivity index (χ3n) is 7.31.